The second kappa shape index (κ2) is 33.2. The lowest BCUT2D eigenvalue weighted by molar-refractivity contribution is 0.669. The second-order valence-electron chi connectivity index (χ2n) is 31.8. The van der Waals surface area contributed by atoms with Crippen molar-refractivity contribution < 1.29 is 111 Å². The molecule has 0 saturated carbocycles. The lowest BCUT2D eigenvalue weighted by atomic mass is 9.82. The van der Waals surface area contributed by atoms with Crippen molar-refractivity contribution in [3.63, 3.8) is 0 Å². The van der Waals surface area contributed by atoms with E-state index in [2.05, 4.69) is 0 Å². The summed E-state index contributed by atoms with van der Waals surface area (Å²) in [7, 11) is 0. The molecule has 30 rings (SSSR count). The number of rotatable bonds is 9. The molecule has 0 bridgehead atoms. The third-order valence-electron chi connectivity index (χ3n) is 24.3. The van der Waals surface area contributed by atoms with Gasteiger partial charge in [-0.25, -0.2) is 0 Å². The molecule has 0 aliphatic heterocycles. The third kappa shape index (κ3) is 13.3. The zero-order valence-electron chi connectivity index (χ0n) is 142. The van der Waals surface area contributed by atoms with Crippen LogP contribution in [-0.4, -0.2) is 0 Å². The maximum Gasteiger partial charge on any atom is 0.136 e. The van der Waals surface area contributed by atoms with E-state index < -0.39 is 642 Å². The summed E-state index contributed by atoms with van der Waals surface area (Å²) in [6.07, 6.45) is 0. The Kier molecular flexibility index (Phi) is 8.75. The van der Waals surface area contributed by atoms with E-state index in [9.17, 15) is 37.0 Å². The molecule has 0 radical (unpaired) electrons. The summed E-state index contributed by atoms with van der Waals surface area (Å²) < 4.78 is 661. The number of benzene rings is 27. The summed E-state index contributed by atoms with van der Waals surface area (Å²) in [6.45, 7) is 0. The Labute approximate surface area is 911 Å². The van der Waals surface area contributed by atoms with Gasteiger partial charge in [-0.1, -0.05) is 441 Å². The van der Waals surface area contributed by atoms with Gasteiger partial charge in [-0.05, 0) is 296 Å². The van der Waals surface area contributed by atoms with E-state index in [-0.39, 0.29) is 32.7 Å². The Morgan fingerprint density at radius 3 is 0.879 bits per heavy atom. The monoisotopic (exact) mass is 1860 g/mol. The highest BCUT2D eigenvalue weighted by molar-refractivity contribution is 6.30. The second-order valence-corrected chi connectivity index (χ2v) is 31.8. The van der Waals surface area contributed by atoms with Gasteiger partial charge in [-0.3, -0.25) is 0 Å². The van der Waals surface area contributed by atoms with Crippen molar-refractivity contribution in [1.29, 1.82) is 0 Å². The van der Waals surface area contributed by atoms with E-state index in [4.69, 9.17) is 73.6 Å². The molecule has 3 heterocycles. The lowest BCUT2D eigenvalue weighted by Gasteiger charge is -2.20. The fourth-order valence-corrected chi connectivity index (χ4v) is 18.5. The first-order valence-electron chi connectivity index (χ1n) is 78.3. The molecule has 0 spiro atoms. The molecule has 3 nitrogen and oxygen atoms in total. The van der Waals surface area contributed by atoms with Gasteiger partial charge in [-0.15, -0.1) is 0 Å². The molecule has 0 amide bonds. The van der Waals surface area contributed by atoms with Crippen LogP contribution in [0.2, 0.25) is 0 Å². The summed E-state index contributed by atoms with van der Waals surface area (Å²) in [5.74, 6) is 0. The molecule has 0 N–H and O–H groups in total. The van der Waals surface area contributed by atoms with Gasteiger partial charge in [0.05, 0.1) is 97.3 Å². The summed E-state index contributed by atoms with van der Waals surface area (Å²) in [4.78, 5) is 0. The molecule has 0 fully saturated rings. The molecule has 0 atom stereocenters. The Balaban J connectivity index is 0.000000140. The van der Waals surface area contributed by atoms with E-state index >= 15 is 0 Å². The van der Waals surface area contributed by atoms with Crippen LogP contribution in [-0.2, 0) is 0 Å². The molecule has 0 saturated heterocycles. The number of furan rings is 3. The summed E-state index contributed by atoms with van der Waals surface area (Å²) >= 11 is 0. The molecule has 27 aromatic carbocycles. The van der Waals surface area contributed by atoms with Crippen molar-refractivity contribution in [3.8, 4) is 100 Å². The average molecular weight is 1860 g/mol. The molecular formula is C138H84O3. The van der Waals surface area contributed by atoms with Gasteiger partial charge in [0.1, 0.15) is 33.5 Å². The van der Waals surface area contributed by atoms with Gasteiger partial charge in [0.15, 0.2) is 0 Å². The number of hydrogen-bond acceptors (Lipinski definition) is 3. The molecule has 0 aliphatic carbocycles. The number of hydrogen-bond donors (Lipinski definition) is 0. The molecule has 30 aromatic rings. The summed E-state index contributed by atoms with van der Waals surface area (Å²) in [5.41, 5.74) is -10.5. The van der Waals surface area contributed by atoms with Crippen LogP contribution >= 0.6 is 0 Å². The highest BCUT2D eigenvalue weighted by Gasteiger charge is 2.28. The van der Waals surface area contributed by atoms with Crippen LogP contribution in [0.5, 0.6) is 0 Å². The van der Waals surface area contributed by atoms with Crippen LogP contribution in [0, 0.1) is 0 Å². The SMILES string of the molecule is [2H]c1c([2H])c([2H])c(-c2c([2H])c([2H])c([2H])c3oc4c([2H])c5c([2H])c([2H])c([2H])c([2H])c5c([2H])c4c23)c(-c2c3c([2H])c([2H])c([2H])c([2H])c3c(-c3c([2H])c([2H])c([2H])c4c([2H])c([2H])c([2H])c([2H])c34)c3c([2H])c([2H])c([2H])c([2H])c23)c1[2H].[2H]c1c([2H])c([2H])c(-c2c([2H])c([2H])c([2H])c3oc4c([2H])c5c([2H])c([2H])c([2H])c([2H])c5c([2H])c4c23)c(-c2c3c([2H])c([2H])c([2H])c([2H])c3c(-c3c([2H])c([2H])c4c([2H])c([2H])c([2H])c([2H])c4c3[2H])c3c([2H])c([2H])c([2H])c([2H])c23)c1[2H].[2H]c1c([2H])c([2H])c2c([2H])c(-c3c4c([2H])c([2H])c([2H])c([2H])c4c(-c4ccccc4-c4cccc5oc6cc7ccccc7cc6c45)c4c([2H])c([2H])c([2H])c([2H])c34)c([2H])c([2H])c2c1[2H]. The van der Waals surface area contributed by atoms with Crippen LogP contribution in [0.25, 0.3) is 295 Å². The fraction of sp³-hybridized carbons (Fsp3) is 0. The molecule has 0 unspecified atom stereocenters. The first-order valence-corrected chi connectivity index (χ1v) is 42.8. The number of fused-ring (bicyclic) bond motifs is 21. The zero-order chi connectivity index (χ0) is 154. The van der Waals surface area contributed by atoms with Gasteiger partial charge in [0.25, 0.3) is 0 Å². The topological polar surface area (TPSA) is 39.4 Å². The van der Waals surface area contributed by atoms with Gasteiger partial charge in [0.2, 0.25) is 0 Å². The molecule has 3 heteroatoms. The van der Waals surface area contributed by atoms with E-state index in [1.165, 1.54) is 0 Å². The Bertz CT molecular complexity index is 14900. The van der Waals surface area contributed by atoms with E-state index in [0.717, 1.165) is 21.5 Å². The molecular weight excluding hydrogens is 1710 g/mol. The van der Waals surface area contributed by atoms with Crippen molar-refractivity contribution >= 4 is 195 Å². The first-order chi connectivity index (χ1) is 99.5. The predicted octanol–water partition coefficient (Wildman–Crippen LogP) is 39.6. The highest BCUT2D eigenvalue weighted by Crippen LogP contribution is 2.55. The van der Waals surface area contributed by atoms with Crippen molar-refractivity contribution in [3.05, 3.63) is 508 Å². The standard InChI is InChI=1S/3C46H28O/c1-2-15-31-28-43-41(27-30(31)14-1)46-36(25-12-26-42(46)47-43)33-18-5-6-19-35(33)45-39-22-9-7-20-37(39)44(38-21-8-10-23-40(38)45)34-24-11-16-29-13-3-4-17-32(29)34;2*1-2-13-30-26-33(25-24-29(30)12-1)44-37-18-7-9-20-39(37)45(40-21-10-8-19-38(40)44)35-17-6-5-16-34(35)36-22-11-23-42-46(36)41-27-31-14-3-4-15-32(31)28-43(41)47-42/h3*1-28H/i2*1D,2D,3D,4D,5D,6D,7D,8D,9D,10D,11D,12D,13D,14D,15D,16D,17D,18D,19D,20D,21D,22D,23D,24D,25D,26D,27D,28D;1D,2D,7D,8D,9D,10D,12D,13D,18D,19D,20D,21D,24D,25D,26D. The van der Waals surface area contributed by atoms with Crippen molar-refractivity contribution in [2.24, 2.45) is 0 Å². The zero-order valence-corrected chi connectivity index (χ0v) is 71.2. The van der Waals surface area contributed by atoms with E-state index in [1.54, 1.807) is 24.3 Å². The van der Waals surface area contributed by atoms with Crippen molar-refractivity contribution in [2.75, 3.05) is 0 Å². The normalized spacial score (nSPS) is 18.9. The highest BCUT2D eigenvalue weighted by atomic mass is 16.3. The van der Waals surface area contributed by atoms with Crippen LogP contribution in [0.15, 0.2) is 521 Å². The quantitative estimate of drug-likeness (QED) is 0.135. The first kappa shape index (κ1) is 37.2. The van der Waals surface area contributed by atoms with Gasteiger partial charge >= 0.3 is 0 Å². The Morgan fingerprint density at radius 1 is 0.135 bits per heavy atom. The van der Waals surface area contributed by atoms with Crippen molar-refractivity contribution in [1.82, 2.24) is 0 Å². The third-order valence-corrected chi connectivity index (χ3v) is 24.3. The minimum atomic E-state index is -1.11. The molecule has 141 heavy (non-hydrogen) atoms. The van der Waals surface area contributed by atoms with Crippen LogP contribution in [0.3, 0.4) is 0 Å². The minimum Gasteiger partial charge on any atom is -0.456 e. The van der Waals surface area contributed by atoms with Gasteiger partial charge < -0.3 is 13.3 Å². The Hall–Kier alpha value is -18.5. The van der Waals surface area contributed by atoms with Gasteiger partial charge in [0, 0.05) is 32.3 Å². The molecule has 3 aromatic heterocycles. The molecule has 654 valence electrons. The fourth-order valence-electron chi connectivity index (χ4n) is 18.5. The summed E-state index contributed by atoms with van der Waals surface area (Å²) in [5, 5.41) is -11.6. The molecule has 0 aliphatic rings. The largest absolute Gasteiger partial charge is 0.456 e. The average Bonchev–Trinajstić information content (AvgIpc) is 0.919. The van der Waals surface area contributed by atoms with E-state index in [1.807, 2.05) is 54.6 Å². The smallest absolute Gasteiger partial charge is 0.136 e. The minimum absolute atomic E-state index is 0.0236. The maximum absolute atomic E-state index is 9.68. The van der Waals surface area contributed by atoms with Crippen LogP contribution in [0.1, 0.15) is 97.3 Å². The van der Waals surface area contributed by atoms with Gasteiger partial charge in [-0.2, -0.15) is 0 Å². The van der Waals surface area contributed by atoms with Crippen LogP contribution < -0.4 is 0 Å². The predicted molar refractivity (Wildman–Crippen MR) is 600 cm³/mol. The van der Waals surface area contributed by atoms with E-state index in [0.29, 0.717) is 27.9 Å². The lowest BCUT2D eigenvalue weighted by Crippen LogP contribution is -1.93. The maximum atomic E-state index is 9.68. The summed E-state index contributed by atoms with van der Waals surface area (Å²) in [6, 6.07) is -38.8. The van der Waals surface area contributed by atoms with Crippen molar-refractivity contribution in [2.45, 2.75) is 0 Å². The van der Waals surface area contributed by atoms with Crippen LogP contribution in [0.4, 0.5) is 0 Å². The Morgan fingerprint density at radius 2 is 0.433 bits per heavy atom.